The summed E-state index contributed by atoms with van der Waals surface area (Å²) in [7, 11) is 0. The van der Waals surface area contributed by atoms with E-state index in [0.29, 0.717) is 0 Å². The quantitative estimate of drug-likeness (QED) is 0.826. The number of hydrogen-bond acceptors (Lipinski definition) is 2. The molecule has 3 atom stereocenters. The van der Waals surface area contributed by atoms with Crippen molar-refractivity contribution in [1.29, 1.82) is 0 Å². The molecule has 0 aromatic carbocycles. The first-order valence-electron chi connectivity index (χ1n) is 8.17. The molecule has 0 aromatic heterocycles. The second-order valence-corrected chi connectivity index (χ2v) is 6.77. The minimum absolute atomic E-state index is 0.807. The van der Waals surface area contributed by atoms with Gasteiger partial charge < -0.3 is 5.32 Å². The summed E-state index contributed by atoms with van der Waals surface area (Å²) in [6.45, 7) is 10.8. The topological polar surface area (TPSA) is 15.3 Å². The van der Waals surface area contributed by atoms with Gasteiger partial charge in [0.05, 0.1) is 0 Å². The second kappa shape index (κ2) is 6.91. The normalized spacial score (nSPS) is 38.8. The van der Waals surface area contributed by atoms with Crippen molar-refractivity contribution in [2.75, 3.05) is 19.6 Å². The first-order valence-corrected chi connectivity index (χ1v) is 8.17. The lowest BCUT2D eigenvalue weighted by Crippen LogP contribution is -2.52. The van der Waals surface area contributed by atoms with Crippen molar-refractivity contribution in [3.05, 3.63) is 0 Å². The summed E-state index contributed by atoms with van der Waals surface area (Å²) in [6.07, 6.45) is 8.58. The Balaban J connectivity index is 1.94. The molecule has 1 heterocycles. The highest BCUT2D eigenvalue weighted by Gasteiger charge is 2.33. The predicted molar refractivity (Wildman–Crippen MR) is 78.9 cm³/mol. The van der Waals surface area contributed by atoms with Crippen LogP contribution in [-0.2, 0) is 0 Å². The summed E-state index contributed by atoms with van der Waals surface area (Å²) in [5, 5.41) is 3.57. The molecule has 0 bridgehead atoms. The van der Waals surface area contributed by atoms with Crippen molar-refractivity contribution in [2.24, 2.45) is 11.8 Å². The number of hydrogen-bond donors (Lipinski definition) is 1. The van der Waals surface area contributed by atoms with Gasteiger partial charge in [-0.15, -0.1) is 0 Å². The Morgan fingerprint density at radius 1 is 1.06 bits per heavy atom. The molecular weight excluding hydrogens is 220 g/mol. The molecule has 2 rings (SSSR count). The van der Waals surface area contributed by atoms with Crippen molar-refractivity contribution in [3.8, 4) is 0 Å². The highest BCUT2D eigenvalue weighted by Crippen LogP contribution is 2.34. The van der Waals surface area contributed by atoms with Gasteiger partial charge in [0.15, 0.2) is 0 Å². The predicted octanol–water partition coefficient (Wildman–Crippen LogP) is 3.28. The van der Waals surface area contributed by atoms with Crippen LogP contribution in [0.4, 0.5) is 0 Å². The fourth-order valence-corrected chi connectivity index (χ4v) is 4.21. The molecule has 2 heteroatoms. The lowest BCUT2D eigenvalue weighted by Gasteiger charge is -2.45. The molecule has 2 nitrogen and oxygen atoms in total. The molecule has 1 saturated carbocycles. The summed E-state index contributed by atoms with van der Waals surface area (Å²) in [5.41, 5.74) is 0. The first-order chi connectivity index (χ1) is 8.70. The Bertz CT molecular complexity index is 231. The van der Waals surface area contributed by atoms with Gasteiger partial charge in [-0.25, -0.2) is 0 Å². The van der Waals surface area contributed by atoms with Crippen LogP contribution in [0.2, 0.25) is 0 Å². The van der Waals surface area contributed by atoms with Gasteiger partial charge in [-0.3, -0.25) is 4.90 Å². The lowest BCUT2D eigenvalue weighted by atomic mass is 9.78. The summed E-state index contributed by atoms with van der Waals surface area (Å²) in [5.74, 6) is 1.86. The van der Waals surface area contributed by atoms with Gasteiger partial charge >= 0.3 is 0 Å². The number of likely N-dealkylation sites (tertiary alicyclic amines) is 1. The monoisotopic (exact) mass is 252 g/mol. The van der Waals surface area contributed by atoms with E-state index in [4.69, 9.17) is 0 Å². The number of likely N-dealkylation sites (N-methyl/N-ethyl adjacent to an activating group) is 1. The molecule has 1 N–H and O–H groups in total. The van der Waals surface area contributed by atoms with Crippen LogP contribution < -0.4 is 5.32 Å². The molecule has 1 saturated heterocycles. The van der Waals surface area contributed by atoms with Crippen molar-refractivity contribution in [1.82, 2.24) is 10.2 Å². The summed E-state index contributed by atoms with van der Waals surface area (Å²) < 4.78 is 0. The number of rotatable bonds is 4. The Morgan fingerprint density at radius 2 is 1.78 bits per heavy atom. The minimum Gasteiger partial charge on any atom is -0.315 e. The van der Waals surface area contributed by atoms with Gasteiger partial charge in [-0.05, 0) is 57.0 Å². The number of nitrogens with one attached hydrogen (secondary N) is 1. The van der Waals surface area contributed by atoms with Gasteiger partial charge in [0.2, 0.25) is 0 Å². The minimum atomic E-state index is 0.807. The maximum absolute atomic E-state index is 3.57. The third kappa shape index (κ3) is 3.71. The van der Waals surface area contributed by atoms with Crippen molar-refractivity contribution >= 4 is 0 Å². The van der Waals surface area contributed by atoms with Crippen molar-refractivity contribution in [3.63, 3.8) is 0 Å². The van der Waals surface area contributed by atoms with E-state index in [9.17, 15) is 0 Å². The number of piperidine rings is 1. The van der Waals surface area contributed by atoms with Crippen LogP contribution in [0, 0.1) is 11.8 Å². The molecule has 0 radical (unpaired) electrons. The molecule has 1 aliphatic heterocycles. The van der Waals surface area contributed by atoms with Gasteiger partial charge in [-0.1, -0.05) is 27.2 Å². The SMILES string of the molecule is CCNCC1CCCCN1C1CC(C)CC(C)C1. The summed E-state index contributed by atoms with van der Waals surface area (Å²) >= 11 is 0. The largest absolute Gasteiger partial charge is 0.315 e. The van der Waals surface area contributed by atoms with E-state index < -0.39 is 0 Å². The second-order valence-electron chi connectivity index (χ2n) is 6.77. The van der Waals surface area contributed by atoms with E-state index >= 15 is 0 Å². The zero-order valence-corrected chi connectivity index (χ0v) is 12.6. The Morgan fingerprint density at radius 3 is 2.44 bits per heavy atom. The maximum Gasteiger partial charge on any atom is 0.0223 e. The van der Waals surface area contributed by atoms with E-state index in [2.05, 4.69) is 31.0 Å². The van der Waals surface area contributed by atoms with E-state index in [1.165, 1.54) is 51.6 Å². The molecule has 0 amide bonds. The molecule has 106 valence electrons. The van der Waals surface area contributed by atoms with Crippen LogP contribution in [0.3, 0.4) is 0 Å². The van der Waals surface area contributed by atoms with Crippen LogP contribution in [0.5, 0.6) is 0 Å². The van der Waals surface area contributed by atoms with Gasteiger partial charge in [0.25, 0.3) is 0 Å². The molecule has 0 spiro atoms. The molecule has 2 fully saturated rings. The van der Waals surface area contributed by atoms with E-state index in [-0.39, 0.29) is 0 Å². The average molecular weight is 252 g/mol. The highest BCUT2D eigenvalue weighted by molar-refractivity contribution is 4.88. The summed E-state index contributed by atoms with van der Waals surface area (Å²) in [4.78, 5) is 2.86. The smallest absolute Gasteiger partial charge is 0.0223 e. The Labute approximate surface area is 114 Å². The third-order valence-electron chi connectivity index (χ3n) is 4.93. The standard InChI is InChI=1S/C16H32N2/c1-4-17-12-15-7-5-6-8-18(15)16-10-13(2)9-14(3)11-16/h13-17H,4-12H2,1-3H3. The summed E-state index contributed by atoms with van der Waals surface area (Å²) in [6, 6.07) is 1.67. The van der Waals surface area contributed by atoms with E-state index in [0.717, 1.165) is 30.5 Å². The van der Waals surface area contributed by atoms with E-state index in [1.807, 2.05) is 0 Å². The van der Waals surface area contributed by atoms with Gasteiger partial charge in [0.1, 0.15) is 0 Å². The number of nitrogens with zero attached hydrogens (tertiary/aromatic N) is 1. The van der Waals surface area contributed by atoms with Crippen LogP contribution in [0.25, 0.3) is 0 Å². The van der Waals surface area contributed by atoms with Gasteiger partial charge in [-0.2, -0.15) is 0 Å². The van der Waals surface area contributed by atoms with Crippen molar-refractivity contribution in [2.45, 2.75) is 71.4 Å². The van der Waals surface area contributed by atoms with Gasteiger partial charge in [0, 0.05) is 18.6 Å². The third-order valence-corrected chi connectivity index (χ3v) is 4.93. The van der Waals surface area contributed by atoms with Crippen LogP contribution in [0.1, 0.15) is 59.3 Å². The first kappa shape index (κ1) is 14.3. The highest BCUT2D eigenvalue weighted by atomic mass is 15.2. The average Bonchev–Trinajstić information content (AvgIpc) is 2.35. The van der Waals surface area contributed by atoms with Crippen molar-refractivity contribution < 1.29 is 0 Å². The zero-order chi connectivity index (χ0) is 13.0. The maximum atomic E-state index is 3.57. The molecule has 0 aromatic rings. The van der Waals surface area contributed by atoms with E-state index in [1.54, 1.807) is 0 Å². The van der Waals surface area contributed by atoms with Crippen LogP contribution >= 0.6 is 0 Å². The molecule has 18 heavy (non-hydrogen) atoms. The Hall–Kier alpha value is -0.0800. The van der Waals surface area contributed by atoms with Crippen LogP contribution in [0.15, 0.2) is 0 Å². The zero-order valence-electron chi connectivity index (χ0n) is 12.6. The molecule has 1 aliphatic carbocycles. The molecule has 3 unspecified atom stereocenters. The lowest BCUT2D eigenvalue weighted by molar-refractivity contribution is 0.0467. The van der Waals surface area contributed by atoms with Crippen LogP contribution in [-0.4, -0.2) is 36.6 Å². The molecular formula is C16H32N2. The fourth-order valence-electron chi connectivity index (χ4n) is 4.21. The Kier molecular flexibility index (Phi) is 5.50. The molecule has 2 aliphatic rings. The fraction of sp³-hybridized carbons (Fsp3) is 1.00.